The van der Waals surface area contributed by atoms with E-state index in [1.54, 1.807) is 0 Å². The summed E-state index contributed by atoms with van der Waals surface area (Å²) in [6.45, 7) is 7.64. The van der Waals surface area contributed by atoms with Crippen LogP contribution in [-0.2, 0) is 0 Å². The third-order valence-electron chi connectivity index (χ3n) is 2.03. The lowest BCUT2D eigenvalue weighted by Crippen LogP contribution is -2.74. The first-order valence-electron chi connectivity index (χ1n) is 3.87. The van der Waals surface area contributed by atoms with E-state index >= 15 is 0 Å². The molecule has 0 amide bonds. The summed E-state index contributed by atoms with van der Waals surface area (Å²) in [4.78, 5) is 0. The summed E-state index contributed by atoms with van der Waals surface area (Å²) in [6.07, 6.45) is 1.39. The Morgan fingerprint density at radius 2 is 1.78 bits per heavy atom. The SMILES string of the molecule is C1CC2(CNC2)N1.CC. The second-order valence-electron chi connectivity index (χ2n) is 2.56. The van der Waals surface area contributed by atoms with Crippen molar-refractivity contribution in [3.8, 4) is 0 Å². The molecule has 0 aliphatic carbocycles. The van der Waals surface area contributed by atoms with E-state index in [2.05, 4.69) is 10.6 Å². The molecule has 2 heteroatoms. The van der Waals surface area contributed by atoms with Gasteiger partial charge >= 0.3 is 0 Å². The molecule has 2 N–H and O–H groups in total. The van der Waals surface area contributed by atoms with Gasteiger partial charge in [-0.05, 0) is 13.0 Å². The van der Waals surface area contributed by atoms with Crippen LogP contribution in [0.1, 0.15) is 20.3 Å². The van der Waals surface area contributed by atoms with Gasteiger partial charge in [0.1, 0.15) is 0 Å². The molecule has 9 heavy (non-hydrogen) atoms. The highest BCUT2D eigenvalue weighted by molar-refractivity contribution is 5.06. The Hall–Kier alpha value is -0.0800. The third-order valence-corrected chi connectivity index (χ3v) is 2.03. The van der Waals surface area contributed by atoms with Crippen molar-refractivity contribution in [2.24, 2.45) is 0 Å². The Balaban J connectivity index is 0.000000186. The van der Waals surface area contributed by atoms with Crippen molar-refractivity contribution >= 4 is 0 Å². The predicted molar refractivity (Wildman–Crippen MR) is 39.6 cm³/mol. The molecule has 1 spiro atoms. The molecule has 0 saturated carbocycles. The standard InChI is InChI=1S/C5H10N2.C2H6/c1-2-7-5(1)3-6-4-5;1-2/h6-7H,1-4H2;1-2H3. The van der Waals surface area contributed by atoms with E-state index in [4.69, 9.17) is 0 Å². The Kier molecular flexibility index (Phi) is 2.09. The van der Waals surface area contributed by atoms with Gasteiger partial charge in [-0.15, -0.1) is 0 Å². The van der Waals surface area contributed by atoms with Crippen LogP contribution in [0.25, 0.3) is 0 Å². The van der Waals surface area contributed by atoms with Gasteiger partial charge in [0.2, 0.25) is 0 Å². The molecule has 0 unspecified atom stereocenters. The average molecular weight is 128 g/mol. The van der Waals surface area contributed by atoms with Crippen molar-refractivity contribution in [1.29, 1.82) is 0 Å². The second-order valence-corrected chi connectivity index (χ2v) is 2.56. The molecule has 0 atom stereocenters. The van der Waals surface area contributed by atoms with Crippen LogP contribution in [0.2, 0.25) is 0 Å². The molecular weight excluding hydrogens is 112 g/mol. The predicted octanol–water partition coefficient (Wildman–Crippen LogP) is 0.348. The fraction of sp³-hybridized carbons (Fsp3) is 1.00. The highest BCUT2D eigenvalue weighted by Gasteiger charge is 2.41. The fourth-order valence-electron chi connectivity index (χ4n) is 1.21. The van der Waals surface area contributed by atoms with Crippen LogP contribution in [-0.4, -0.2) is 25.2 Å². The van der Waals surface area contributed by atoms with Gasteiger partial charge in [-0.3, -0.25) is 0 Å². The van der Waals surface area contributed by atoms with Gasteiger partial charge in [0.15, 0.2) is 0 Å². The van der Waals surface area contributed by atoms with Gasteiger partial charge < -0.3 is 10.6 Å². The minimum absolute atomic E-state index is 0.583. The lowest BCUT2D eigenvalue weighted by Gasteiger charge is -2.50. The average Bonchev–Trinajstić information content (AvgIpc) is 1.63. The van der Waals surface area contributed by atoms with Gasteiger partial charge in [0.05, 0.1) is 0 Å². The Bertz CT molecular complexity index is 67.4. The van der Waals surface area contributed by atoms with Gasteiger partial charge in [-0.2, -0.15) is 0 Å². The van der Waals surface area contributed by atoms with Gasteiger partial charge in [-0.25, -0.2) is 0 Å². The summed E-state index contributed by atoms with van der Waals surface area (Å²) in [5.41, 5.74) is 0.583. The van der Waals surface area contributed by atoms with Gasteiger partial charge in [0, 0.05) is 18.6 Å². The zero-order valence-corrected chi connectivity index (χ0v) is 6.33. The zero-order valence-electron chi connectivity index (χ0n) is 6.33. The smallest absolute Gasteiger partial charge is 0.0444 e. The van der Waals surface area contributed by atoms with E-state index in [1.807, 2.05) is 13.8 Å². The maximum Gasteiger partial charge on any atom is 0.0444 e. The van der Waals surface area contributed by atoms with E-state index in [0.29, 0.717) is 5.54 Å². The third kappa shape index (κ3) is 1.10. The van der Waals surface area contributed by atoms with Crippen LogP contribution in [0.3, 0.4) is 0 Å². The monoisotopic (exact) mass is 128 g/mol. The van der Waals surface area contributed by atoms with Crippen LogP contribution in [0.4, 0.5) is 0 Å². The van der Waals surface area contributed by atoms with Crippen molar-refractivity contribution < 1.29 is 0 Å². The largest absolute Gasteiger partial charge is 0.313 e. The number of hydrogen-bond donors (Lipinski definition) is 2. The van der Waals surface area contributed by atoms with E-state index in [-0.39, 0.29) is 0 Å². The first kappa shape index (κ1) is 7.03. The lowest BCUT2D eigenvalue weighted by molar-refractivity contribution is 0.128. The van der Waals surface area contributed by atoms with E-state index in [9.17, 15) is 0 Å². The molecule has 2 fully saturated rings. The summed E-state index contributed by atoms with van der Waals surface area (Å²) in [5.74, 6) is 0. The second kappa shape index (κ2) is 2.67. The van der Waals surface area contributed by atoms with Crippen LogP contribution in [0.5, 0.6) is 0 Å². The number of rotatable bonds is 0. The quantitative estimate of drug-likeness (QED) is 0.492. The van der Waals surface area contributed by atoms with E-state index in [0.717, 1.165) is 0 Å². The van der Waals surface area contributed by atoms with Crippen LogP contribution in [0, 0.1) is 0 Å². The molecule has 2 nitrogen and oxygen atoms in total. The normalized spacial score (nSPS) is 27.3. The van der Waals surface area contributed by atoms with Crippen LogP contribution < -0.4 is 10.6 Å². The maximum absolute atomic E-state index is 3.40. The van der Waals surface area contributed by atoms with E-state index in [1.165, 1.54) is 26.1 Å². The van der Waals surface area contributed by atoms with Gasteiger partial charge in [0.25, 0.3) is 0 Å². The van der Waals surface area contributed by atoms with Crippen molar-refractivity contribution in [2.75, 3.05) is 19.6 Å². The van der Waals surface area contributed by atoms with Crippen LogP contribution in [0.15, 0.2) is 0 Å². The molecule has 0 bridgehead atoms. The minimum atomic E-state index is 0.583. The number of hydrogen-bond acceptors (Lipinski definition) is 2. The molecule has 0 aromatic rings. The first-order valence-corrected chi connectivity index (χ1v) is 3.87. The van der Waals surface area contributed by atoms with Crippen molar-refractivity contribution in [2.45, 2.75) is 25.8 Å². The Morgan fingerprint density at radius 1 is 1.22 bits per heavy atom. The molecule has 2 aliphatic heterocycles. The highest BCUT2D eigenvalue weighted by Crippen LogP contribution is 2.21. The molecular formula is C7H16N2. The van der Waals surface area contributed by atoms with Crippen molar-refractivity contribution in [3.05, 3.63) is 0 Å². The molecule has 2 rings (SSSR count). The Morgan fingerprint density at radius 3 is 1.78 bits per heavy atom. The first-order chi connectivity index (χ1) is 4.41. The summed E-state index contributed by atoms with van der Waals surface area (Å²) in [5, 5.41) is 6.64. The molecule has 54 valence electrons. The maximum atomic E-state index is 3.40. The Labute approximate surface area is 57.0 Å². The summed E-state index contributed by atoms with van der Waals surface area (Å²) >= 11 is 0. The van der Waals surface area contributed by atoms with Crippen LogP contribution >= 0.6 is 0 Å². The molecule has 2 aliphatic rings. The van der Waals surface area contributed by atoms with Crippen molar-refractivity contribution in [1.82, 2.24) is 10.6 Å². The molecule has 2 saturated heterocycles. The fourth-order valence-corrected chi connectivity index (χ4v) is 1.21. The highest BCUT2D eigenvalue weighted by atomic mass is 15.2. The molecule has 0 aromatic carbocycles. The zero-order chi connectivity index (χ0) is 6.74. The number of nitrogens with one attached hydrogen (secondary N) is 2. The van der Waals surface area contributed by atoms with Gasteiger partial charge in [-0.1, -0.05) is 13.8 Å². The topological polar surface area (TPSA) is 24.1 Å². The summed E-state index contributed by atoms with van der Waals surface area (Å²) in [7, 11) is 0. The minimum Gasteiger partial charge on any atom is -0.313 e. The molecule has 0 radical (unpaired) electrons. The summed E-state index contributed by atoms with van der Waals surface area (Å²) in [6, 6.07) is 0. The lowest BCUT2D eigenvalue weighted by atomic mass is 9.82. The molecule has 2 heterocycles. The molecule has 0 aromatic heterocycles. The van der Waals surface area contributed by atoms with Crippen molar-refractivity contribution in [3.63, 3.8) is 0 Å². The summed E-state index contributed by atoms with van der Waals surface area (Å²) < 4.78 is 0. The van der Waals surface area contributed by atoms with E-state index < -0.39 is 0 Å².